The molecule has 0 bridgehead atoms. The number of aliphatic hydroxyl groups is 1. The zero-order valence-electron chi connectivity index (χ0n) is 48.4. The highest BCUT2D eigenvalue weighted by Crippen LogP contribution is 2.54. The molecule has 436 valence electrons. The van der Waals surface area contributed by atoms with E-state index < -0.39 is 17.5 Å². The van der Waals surface area contributed by atoms with Gasteiger partial charge in [-0.05, 0) is 170 Å². The van der Waals surface area contributed by atoms with Crippen LogP contribution in [0.4, 0.5) is 0 Å². The number of carboxylic acid groups (broad SMARTS) is 2. The van der Waals surface area contributed by atoms with Crippen LogP contribution in [0.1, 0.15) is 150 Å². The Balaban J connectivity index is 0.000000213. The largest absolute Gasteiger partial charge is 0.481 e. The maximum Gasteiger partial charge on any atom is 0.338 e. The Labute approximate surface area is 513 Å². The molecule has 2 fully saturated rings. The monoisotopic (exact) mass is 1200 g/mol. The second-order valence-corrected chi connectivity index (χ2v) is 25.6. The molecule has 2 aliphatic rings. The molecule has 2 atom stereocenters. The Kier molecular flexibility index (Phi) is 22.1. The van der Waals surface area contributed by atoms with Gasteiger partial charge in [-0.1, -0.05) is 164 Å². The molecule has 2 saturated carbocycles. The molecule has 0 amide bonds. The Morgan fingerprint density at radius 3 is 1.48 bits per heavy atom. The van der Waals surface area contributed by atoms with Crippen molar-refractivity contribution in [1.29, 1.82) is 0 Å². The minimum Gasteiger partial charge on any atom is -0.481 e. The molecular formula is C71H74Cl2N2O7S2. The predicted molar refractivity (Wildman–Crippen MR) is 350 cm³/mol. The summed E-state index contributed by atoms with van der Waals surface area (Å²) in [5, 5.41) is 33.4. The van der Waals surface area contributed by atoms with Gasteiger partial charge in [-0.25, -0.2) is 14.8 Å². The van der Waals surface area contributed by atoms with Gasteiger partial charge in [-0.3, -0.25) is 9.59 Å². The number of pyridine rings is 2. The molecule has 0 spiro atoms. The van der Waals surface area contributed by atoms with Crippen LogP contribution in [0.2, 0.25) is 10.0 Å². The number of hydrogen-bond acceptors (Lipinski definition) is 9. The van der Waals surface area contributed by atoms with Gasteiger partial charge in [0.2, 0.25) is 0 Å². The second kappa shape index (κ2) is 29.4. The molecular weight excluding hydrogens is 1130 g/mol. The Morgan fingerprint density at radius 2 is 1.02 bits per heavy atom. The third kappa shape index (κ3) is 18.1. The van der Waals surface area contributed by atoms with Crippen molar-refractivity contribution in [3.63, 3.8) is 0 Å². The van der Waals surface area contributed by atoms with Gasteiger partial charge in [0.05, 0.1) is 53.5 Å². The summed E-state index contributed by atoms with van der Waals surface area (Å²) in [6.45, 7) is 7.66. The van der Waals surface area contributed by atoms with Crippen LogP contribution in [0.5, 0.6) is 0 Å². The van der Waals surface area contributed by atoms with E-state index in [2.05, 4.69) is 72.8 Å². The maximum atomic E-state index is 12.3. The number of hydrogen-bond donors (Lipinski definition) is 3. The molecule has 8 aromatic rings. The fourth-order valence-corrected chi connectivity index (χ4v) is 13.9. The average Bonchev–Trinajstić information content (AvgIpc) is 4.62. The van der Waals surface area contributed by atoms with E-state index in [0.29, 0.717) is 22.0 Å². The van der Waals surface area contributed by atoms with Gasteiger partial charge in [0, 0.05) is 42.8 Å². The lowest BCUT2D eigenvalue weighted by molar-refractivity contribution is -0.139. The number of nitrogens with zero attached hydrogens (tertiary/aromatic N) is 2. The van der Waals surface area contributed by atoms with E-state index in [1.54, 1.807) is 6.07 Å². The SMILES string of the molecule is CC.CC(C)(O)c1ccccc1CC[C@@H](SCC1(CC(=O)O)CC1)c1cccc(/C=C/c2ccc3ccc(Cl)cc3n2)c1.COC(=O)c1ccccc1CC[C@@H](SCC1(CC(=O)O)CC1)c1cccc(/C=C/c2ccc3ccc(Cl)cc3n2)c1. The fourth-order valence-electron chi connectivity index (χ4n) is 10.4. The Bertz CT molecular complexity index is 3640. The van der Waals surface area contributed by atoms with Gasteiger partial charge in [-0.15, -0.1) is 0 Å². The van der Waals surface area contributed by atoms with Crippen molar-refractivity contribution in [2.75, 3.05) is 18.6 Å². The molecule has 2 aliphatic carbocycles. The number of carboxylic acids is 2. The molecule has 9 nitrogen and oxygen atoms in total. The lowest BCUT2D eigenvalue weighted by atomic mass is 9.90. The number of fused-ring (bicyclic) bond motifs is 2. The first-order chi connectivity index (χ1) is 40.4. The van der Waals surface area contributed by atoms with Gasteiger partial charge in [0.1, 0.15) is 0 Å². The summed E-state index contributed by atoms with van der Waals surface area (Å²) in [4.78, 5) is 44.7. The minimum absolute atomic E-state index is 0.0814. The molecule has 84 heavy (non-hydrogen) atoms. The van der Waals surface area contributed by atoms with Crippen molar-refractivity contribution in [2.45, 2.75) is 108 Å². The number of carbonyl (C=O) groups is 3. The summed E-state index contributed by atoms with van der Waals surface area (Å²) in [6, 6.07) is 52.2. The topological polar surface area (TPSA) is 147 Å². The molecule has 3 N–H and O–H groups in total. The van der Waals surface area contributed by atoms with Crippen molar-refractivity contribution in [3.8, 4) is 0 Å². The van der Waals surface area contributed by atoms with Gasteiger partial charge >= 0.3 is 17.9 Å². The number of aliphatic carboxylic acids is 2. The molecule has 2 heterocycles. The summed E-state index contributed by atoms with van der Waals surface area (Å²) in [5.74, 6) is -0.147. The molecule has 13 heteroatoms. The predicted octanol–water partition coefficient (Wildman–Crippen LogP) is 18.5. The normalized spacial score (nSPS) is 14.7. The van der Waals surface area contributed by atoms with Crippen LogP contribution < -0.4 is 0 Å². The number of methoxy groups -OCH3 is 1. The average molecular weight is 1200 g/mol. The lowest BCUT2D eigenvalue weighted by Crippen LogP contribution is -2.18. The quantitative estimate of drug-likeness (QED) is 0.0497. The molecule has 6 aromatic carbocycles. The van der Waals surface area contributed by atoms with Crippen molar-refractivity contribution in [1.82, 2.24) is 9.97 Å². The van der Waals surface area contributed by atoms with Gasteiger partial charge in [0.25, 0.3) is 0 Å². The molecule has 10 rings (SSSR count). The van der Waals surface area contributed by atoms with E-state index >= 15 is 0 Å². The third-order valence-electron chi connectivity index (χ3n) is 15.4. The smallest absolute Gasteiger partial charge is 0.338 e. The summed E-state index contributed by atoms with van der Waals surface area (Å²) >= 11 is 16.0. The lowest BCUT2D eigenvalue weighted by Gasteiger charge is -2.24. The zero-order chi connectivity index (χ0) is 59.9. The molecule has 2 aromatic heterocycles. The number of aryl methyl sites for hydroxylation is 2. The summed E-state index contributed by atoms with van der Waals surface area (Å²) in [7, 11) is 1.40. The van der Waals surface area contributed by atoms with Crippen molar-refractivity contribution in [3.05, 3.63) is 224 Å². The number of esters is 1. The van der Waals surface area contributed by atoms with E-state index in [1.807, 2.05) is 154 Å². The van der Waals surface area contributed by atoms with Crippen LogP contribution in [0.3, 0.4) is 0 Å². The van der Waals surface area contributed by atoms with Crippen molar-refractivity contribution >= 4 is 111 Å². The van der Waals surface area contributed by atoms with E-state index in [0.717, 1.165) is 117 Å². The number of ether oxygens (including phenoxy) is 1. The van der Waals surface area contributed by atoms with Gasteiger partial charge < -0.3 is 20.1 Å². The zero-order valence-corrected chi connectivity index (χ0v) is 51.5. The third-order valence-corrected chi connectivity index (χ3v) is 19.3. The minimum atomic E-state index is -0.911. The number of thioether (sulfide) groups is 2. The van der Waals surface area contributed by atoms with Crippen LogP contribution in [-0.4, -0.2) is 61.8 Å². The highest BCUT2D eigenvalue weighted by atomic mass is 35.5. The van der Waals surface area contributed by atoms with Crippen LogP contribution in [0, 0.1) is 10.8 Å². The fraction of sp³-hybridized carbons (Fsp3) is 0.310. The maximum absolute atomic E-state index is 12.3. The van der Waals surface area contributed by atoms with Crippen LogP contribution in [-0.2, 0) is 32.8 Å². The number of rotatable bonds is 24. The first-order valence-electron chi connectivity index (χ1n) is 28.8. The standard InChI is InChI=1S/C35H36ClNO3S.C34H32ClNO4S.C2H6/c1-34(2,40)30-9-4-3-7-25(30)13-17-32(41-23-35(18-19-35)22-33(38)39)27-8-5-6-24(20-27)10-15-29-16-12-26-11-14-28(36)21-31(26)37-29;1-40-33(39)29-8-3-2-6-24(29)12-16-31(41-22-34(17-18-34)21-32(37)38)26-7-4-5-23(19-26)9-14-28-15-11-25-10-13-27(35)20-30(25)36-28;1-2/h3-12,14-16,20-21,32,40H,13,17-19,22-23H2,1-2H3,(H,38,39);2-11,13-15,19-20,31H,12,16-18,21-22H2,1H3,(H,37,38);1-2H3/b15-10+;14-9+;/t32-;31-;/m11./s1. The highest BCUT2D eigenvalue weighted by Gasteiger charge is 2.45. The van der Waals surface area contributed by atoms with Crippen LogP contribution in [0.25, 0.3) is 46.1 Å². The van der Waals surface area contributed by atoms with Crippen LogP contribution >= 0.6 is 46.7 Å². The molecule has 0 unspecified atom stereocenters. The summed E-state index contributed by atoms with van der Waals surface area (Å²) in [5.41, 5.74) is 10.5. The first-order valence-corrected chi connectivity index (χ1v) is 31.6. The molecule has 0 radical (unpaired) electrons. The van der Waals surface area contributed by atoms with Crippen molar-refractivity contribution in [2.24, 2.45) is 10.8 Å². The molecule has 0 saturated heterocycles. The Morgan fingerprint density at radius 1 is 0.583 bits per heavy atom. The number of aromatic nitrogens is 2. The number of halogens is 2. The van der Waals surface area contributed by atoms with Crippen molar-refractivity contribution < 1.29 is 34.4 Å². The second-order valence-electron chi connectivity index (χ2n) is 22.3. The van der Waals surface area contributed by atoms with Crippen LogP contribution in [0.15, 0.2) is 158 Å². The van der Waals surface area contributed by atoms with E-state index in [-0.39, 0.29) is 40.1 Å². The van der Waals surface area contributed by atoms with Gasteiger partial charge in [0.15, 0.2) is 0 Å². The van der Waals surface area contributed by atoms with E-state index in [9.17, 15) is 29.7 Å². The summed E-state index contributed by atoms with van der Waals surface area (Å²) < 4.78 is 5.00. The Hall–Kier alpha value is -6.73. The number of benzene rings is 6. The van der Waals surface area contributed by atoms with Gasteiger partial charge in [-0.2, -0.15) is 23.5 Å². The first kappa shape index (κ1) is 63.3. The summed E-state index contributed by atoms with van der Waals surface area (Å²) in [6.07, 6.45) is 15.7. The van der Waals surface area contributed by atoms with E-state index in [1.165, 1.54) is 18.2 Å². The highest BCUT2D eigenvalue weighted by molar-refractivity contribution is 7.99. The molecule has 0 aliphatic heterocycles. The van der Waals surface area contributed by atoms with E-state index in [4.69, 9.17) is 37.9 Å². The number of carbonyl (C=O) groups excluding carboxylic acids is 1.